The average Bonchev–Trinajstić information content (AvgIpc) is 2.68. The first kappa shape index (κ1) is 17.9. The quantitative estimate of drug-likeness (QED) is 0.650. The number of hydrogen-bond acceptors (Lipinski definition) is 3. The SMILES string of the molecule is CCOc1ccc(-c2cnc(CCC3CCC(CC)CC3)nc2)cc1. The highest BCUT2D eigenvalue weighted by Gasteiger charge is 2.19. The van der Waals surface area contributed by atoms with E-state index in [0.29, 0.717) is 6.61 Å². The number of hydrogen-bond donors (Lipinski definition) is 0. The molecule has 0 unspecified atom stereocenters. The molecule has 1 saturated carbocycles. The Balaban J connectivity index is 1.52. The van der Waals surface area contributed by atoms with Crippen LogP contribution in [0.3, 0.4) is 0 Å². The summed E-state index contributed by atoms with van der Waals surface area (Å²) < 4.78 is 5.49. The fraction of sp³-hybridized carbons (Fsp3) is 0.545. The van der Waals surface area contributed by atoms with Crippen molar-refractivity contribution >= 4 is 0 Å². The van der Waals surface area contributed by atoms with Gasteiger partial charge in [-0.25, -0.2) is 9.97 Å². The Kier molecular flexibility index (Phi) is 6.43. The Morgan fingerprint density at radius 1 is 0.880 bits per heavy atom. The van der Waals surface area contributed by atoms with Gasteiger partial charge in [0.2, 0.25) is 0 Å². The molecule has 25 heavy (non-hydrogen) atoms. The van der Waals surface area contributed by atoms with Crippen LogP contribution in [0.2, 0.25) is 0 Å². The van der Waals surface area contributed by atoms with E-state index in [9.17, 15) is 0 Å². The molecule has 0 atom stereocenters. The largest absolute Gasteiger partial charge is 0.494 e. The highest BCUT2D eigenvalue weighted by atomic mass is 16.5. The second-order valence-electron chi connectivity index (χ2n) is 7.18. The van der Waals surface area contributed by atoms with E-state index in [1.807, 2.05) is 31.5 Å². The van der Waals surface area contributed by atoms with Crippen molar-refractivity contribution in [3.63, 3.8) is 0 Å². The van der Waals surface area contributed by atoms with Crippen molar-refractivity contribution < 1.29 is 4.74 Å². The predicted octanol–water partition coefficient (Wildman–Crippen LogP) is 5.69. The standard InChI is InChI=1S/C22H30N2O/c1-3-17-5-7-18(8-6-17)9-14-22-23-15-20(16-24-22)19-10-12-21(13-11-19)25-4-2/h10-13,15-18H,3-9,14H2,1-2H3. The molecule has 3 heteroatoms. The predicted molar refractivity (Wildman–Crippen MR) is 103 cm³/mol. The number of ether oxygens (including phenoxy) is 1. The maximum atomic E-state index is 5.49. The summed E-state index contributed by atoms with van der Waals surface area (Å²) >= 11 is 0. The summed E-state index contributed by atoms with van der Waals surface area (Å²) in [4.78, 5) is 9.17. The molecule has 0 radical (unpaired) electrons. The zero-order chi connectivity index (χ0) is 17.5. The van der Waals surface area contributed by atoms with Gasteiger partial charge in [0.25, 0.3) is 0 Å². The smallest absolute Gasteiger partial charge is 0.128 e. The normalized spacial score (nSPS) is 20.4. The Morgan fingerprint density at radius 2 is 1.52 bits per heavy atom. The summed E-state index contributed by atoms with van der Waals surface area (Å²) in [6.45, 7) is 5.01. The van der Waals surface area contributed by atoms with Crippen molar-refractivity contribution in [3.05, 3.63) is 42.5 Å². The second kappa shape index (κ2) is 8.98. The highest BCUT2D eigenvalue weighted by Crippen LogP contribution is 2.32. The number of aromatic nitrogens is 2. The molecule has 1 heterocycles. The number of rotatable bonds is 7. The summed E-state index contributed by atoms with van der Waals surface area (Å²) in [5.41, 5.74) is 2.20. The van der Waals surface area contributed by atoms with E-state index in [4.69, 9.17) is 4.74 Å². The monoisotopic (exact) mass is 338 g/mol. The summed E-state index contributed by atoms with van der Waals surface area (Å²) in [6.07, 6.45) is 13.1. The van der Waals surface area contributed by atoms with E-state index in [0.717, 1.165) is 41.0 Å². The molecule has 2 aromatic rings. The maximum absolute atomic E-state index is 5.49. The summed E-state index contributed by atoms with van der Waals surface area (Å²) in [5.74, 6) is 3.73. The molecule has 3 nitrogen and oxygen atoms in total. The van der Waals surface area contributed by atoms with Crippen LogP contribution in [0.25, 0.3) is 11.1 Å². The van der Waals surface area contributed by atoms with Crippen LogP contribution in [-0.4, -0.2) is 16.6 Å². The van der Waals surface area contributed by atoms with E-state index >= 15 is 0 Å². The molecule has 0 bridgehead atoms. The van der Waals surface area contributed by atoms with E-state index in [1.165, 1.54) is 38.5 Å². The summed E-state index contributed by atoms with van der Waals surface area (Å²) in [6, 6.07) is 8.13. The molecule has 1 fully saturated rings. The van der Waals surface area contributed by atoms with Gasteiger partial charge in [-0.3, -0.25) is 0 Å². The fourth-order valence-electron chi connectivity index (χ4n) is 3.80. The van der Waals surface area contributed by atoms with E-state index < -0.39 is 0 Å². The van der Waals surface area contributed by atoms with Gasteiger partial charge in [0, 0.05) is 24.4 Å². The molecule has 0 saturated heterocycles. The van der Waals surface area contributed by atoms with Crippen molar-refractivity contribution in [2.45, 2.75) is 58.8 Å². The molecular weight excluding hydrogens is 308 g/mol. The first-order chi connectivity index (χ1) is 12.3. The Labute approximate surface area is 151 Å². The minimum atomic E-state index is 0.692. The lowest BCUT2D eigenvalue weighted by Crippen LogP contribution is -2.15. The van der Waals surface area contributed by atoms with Gasteiger partial charge in [-0.1, -0.05) is 51.2 Å². The molecule has 0 spiro atoms. The third-order valence-electron chi connectivity index (χ3n) is 5.52. The van der Waals surface area contributed by atoms with Crippen LogP contribution in [0, 0.1) is 11.8 Å². The molecular formula is C22H30N2O. The first-order valence-corrected chi connectivity index (χ1v) is 9.82. The topological polar surface area (TPSA) is 35.0 Å². The fourth-order valence-corrected chi connectivity index (χ4v) is 3.80. The molecule has 134 valence electrons. The lowest BCUT2D eigenvalue weighted by molar-refractivity contribution is 0.258. The third kappa shape index (κ3) is 5.04. The molecule has 0 N–H and O–H groups in total. The number of nitrogens with zero attached hydrogens (tertiary/aromatic N) is 2. The lowest BCUT2D eigenvalue weighted by Gasteiger charge is -2.27. The van der Waals surface area contributed by atoms with Crippen LogP contribution >= 0.6 is 0 Å². The zero-order valence-electron chi connectivity index (χ0n) is 15.6. The third-order valence-corrected chi connectivity index (χ3v) is 5.52. The van der Waals surface area contributed by atoms with Crippen LogP contribution in [0.15, 0.2) is 36.7 Å². The van der Waals surface area contributed by atoms with Crippen molar-refractivity contribution in [2.24, 2.45) is 11.8 Å². The van der Waals surface area contributed by atoms with Gasteiger partial charge in [-0.15, -0.1) is 0 Å². The van der Waals surface area contributed by atoms with Crippen LogP contribution in [-0.2, 0) is 6.42 Å². The van der Waals surface area contributed by atoms with Gasteiger partial charge >= 0.3 is 0 Å². The molecule has 1 aliphatic carbocycles. The van der Waals surface area contributed by atoms with Gasteiger partial charge in [-0.2, -0.15) is 0 Å². The van der Waals surface area contributed by atoms with Crippen LogP contribution in [0.5, 0.6) is 5.75 Å². The minimum Gasteiger partial charge on any atom is -0.494 e. The number of benzene rings is 1. The van der Waals surface area contributed by atoms with Crippen molar-refractivity contribution in [3.8, 4) is 16.9 Å². The Hall–Kier alpha value is -1.90. The van der Waals surface area contributed by atoms with Crippen molar-refractivity contribution in [1.82, 2.24) is 9.97 Å². The summed E-state index contributed by atoms with van der Waals surface area (Å²) in [7, 11) is 0. The first-order valence-electron chi connectivity index (χ1n) is 9.82. The van der Waals surface area contributed by atoms with E-state index in [2.05, 4.69) is 29.0 Å². The molecule has 1 aromatic carbocycles. The molecule has 3 rings (SSSR count). The average molecular weight is 338 g/mol. The summed E-state index contributed by atoms with van der Waals surface area (Å²) in [5, 5.41) is 0. The Bertz CT molecular complexity index is 628. The zero-order valence-corrected chi connectivity index (χ0v) is 15.6. The molecule has 0 aliphatic heterocycles. The molecule has 0 amide bonds. The van der Waals surface area contributed by atoms with Crippen molar-refractivity contribution in [2.75, 3.05) is 6.61 Å². The van der Waals surface area contributed by atoms with E-state index in [1.54, 1.807) is 0 Å². The van der Waals surface area contributed by atoms with Crippen LogP contribution in [0.1, 0.15) is 58.2 Å². The maximum Gasteiger partial charge on any atom is 0.128 e. The van der Waals surface area contributed by atoms with Gasteiger partial charge in [0.05, 0.1) is 6.61 Å². The van der Waals surface area contributed by atoms with Crippen LogP contribution in [0.4, 0.5) is 0 Å². The van der Waals surface area contributed by atoms with E-state index in [-0.39, 0.29) is 0 Å². The minimum absolute atomic E-state index is 0.692. The van der Waals surface area contributed by atoms with Crippen LogP contribution < -0.4 is 4.74 Å². The van der Waals surface area contributed by atoms with Gasteiger partial charge in [0.15, 0.2) is 0 Å². The molecule has 1 aromatic heterocycles. The van der Waals surface area contributed by atoms with Gasteiger partial charge in [0.1, 0.15) is 11.6 Å². The number of aryl methyl sites for hydroxylation is 1. The van der Waals surface area contributed by atoms with Crippen molar-refractivity contribution in [1.29, 1.82) is 0 Å². The van der Waals surface area contributed by atoms with Gasteiger partial charge < -0.3 is 4.74 Å². The Morgan fingerprint density at radius 3 is 2.12 bits per heavy atom. The van der Waals surface area contributed by atoms with Gasteiger partial charge in [-0.05, 0) is 42.9 Å². The molecule has 1 aliphatic rings. The highest BCUT2D eigenvalue weighted by molar-refractivity contribution is 5.62. The second-order valence-corrected chi connectivity index (χ2v) is 7.18. The lowest BCUT2D eigenvalue weighted by atomic mass is 9.79.